The highest BCUT2D eigenvalue weighted by Gasteiger charge is 2.16. The van der Waals surface area contributed by atoms with Crippen LogP contribution in [0.15, 0.2) is 59.1 Å². The zero-order valence-electron chi connectivity index (χ0n) is 13.5. The lowest BCUT2D eigenvalue weighted by Gasteiger charge is -2.12. The maximum Gasteiger partial charge on any atom is 0.331 e. The minimum Gasteiger partial charge on any atom is -0.449 e. The van der Waals surface area contributed by atoms with Crippen LogP contribution in [0.25, 0.3) is 6.08 Å². The minimum atomic E-state index is -0.882. The third-order valence-electron chi connectivity index (χ3n) is 3.23. The minimum absolute atomic E-state index is 0.369. The lowest BCUT2D eigenvalue weighted by atomic mass is 10.2. The SMILES string of the molecule is Cc1cccc(NC(=O)C(C)OC(=O)/C=C/c2ccc(Br)cc2)c1. The molecule has 1 amide bonds. The second-order valence-corrected chi connectivity index (χ2v) is 6.24. The van der Waals surface area contributed by atoms with E-state index in [1.165, 1.54) is 13.0 Å². The number of benzene rings is 2. The fraction of sp³-hybridized carbons (Fsp3) is 0.158. The second-order valence-electron chi connectivity index (χ2n) is 5.32. The Balaban J connectivity index is 1.88. The number of nitrogens with one attached hydrogen (secondary N) is 1. The first-order chi connectivity index (χ1) is 11.4. The van der Waals surface area contributed by atoms with E-state index in [4.69, 9.17) is 4.74 Å². The molecule has 1 unspecified atom stereocenters. The Morgan fingerprint density at radius 2 is 1.88 bits per heavy atom. The van der Waals surface area contributed by atoms with Crippen LogP contribution >= 0.6 is 15.9 Å². The smallest absolute Gasteiger partial charge is 0.331 e. The first kappa shape index (κ1) is 17.9. The van der Waals surface area contributed by atoms with Crippen LogP contribution in [-0.2, 0) is 14.3 Å². The van der Waals surface area contributed by atoms with E-state index in [9.17, 15) is 9.59 Å². The molecule has 0 aliphatic heterocycles. The molecule has 0 saturated carbocycles. The molecular formula is C19H18BrNO3. The molecule has 0 saturated heterocycles. The normalized spacial score (nSPS) is 12.0. The molecule has 1 atom stereocenters. The van der Waals surface area contributed by atoms with Crippen molar-refractivity contribution >= 4 is 39.6 Å². The zero-order valence-corrected chi connectivity index (χ0v) is 15.0. The molecule has 24 heavy (non-hydrogen) atoms. The molecule has 0 aliphatic carbocycles. The highest BCUT2D eigenvalue weighted by Crippen LogP contribution is 2.12. The van der Waals surface area contributed by atoms with Crippen molar-refractivity contribution in [3.05, 3.63) is 70.2 Å². The monoisotopic (exact) mass is 387 g/mol. The topological polar surface area (TPSA) is 55.4 Å². The first-order valence-corrected chi connectivity index (χ1v) is 8.25. The Labute approximate surface area is 149 Å². The average molecular weight is 388 g/mol. The molecule has 2 aromatic carbocycles. The van der Waals surface area contributed by atoms with E-state index in [2.05, 4.69) is 21.2 Å². The lowest BCUT2D eigenvalue weighted by molar-refractivity contribution is -0.148. The van der Waals surface area contributed by atoms with E-state index in [1.807, 2.05) is 49.4 Å². The van der Waals surface area contributed by atoms with Crippen LogP contribution < -0.4 is 5.32 Å². The summed E-state index contributed by atoms with van der Waals surface area (Å²) in [7, 11) is 0. The van der Waals surface area contributed by atoms with Crippen LogP contribution in [0.3, 0.4) is 0 Å². The van der Waals surface area contributed by atoms with Crippen LogP contribution in [0.2, 0.25) is 0 Å². The van der Waals surface area contributed by atoms with Crippen molar-refractivity contribution in [3.63, 3.8) is 0 Å². The van der Waals surface area contributed by atoms with Crippen LogP contribution in [0, 0.1) is 6.92 Å². The van der Waals surface area contributed by atoms with Crippen molar-refractivity contribution in [2.75, 3.05) is 5.32 Å². The number of amides is 1. The summed E-state index contributed by atoms with van der Waals surface area (Å²) in [6.45, 7) is 3.47. The van der Waals surface area contributed by atoms with Gasteiger partial charge in [-0.3, -0.25) is 4.79 Å². The predicted molar refractivity (Wildman–Crippen MR) is 98.5 cm³/mol. The van der Waals surface area contributed by atoms with Gasteiger partial charge in [0, 0.05) is 16.2 Å². The highest BCUT2D eigenvalue weighted by atomic mass is 79.9. The number of anilines is 1. The standard InChI is InChI=1S/C19H18BrNO3/c1-13-4-3-5-17(12-13)21-19(23)14(2)24-18(22)11-8-15-6-9-16(20)10-7-15/h3-12,14H,1-2H3,(H,21,23)/b11-8+. The van der Waals surface area contributed by atoms with E-state index in [0.717, 1.165) is 15.6 Å². The molecule has 4 nitrogen and oxygen atoms in total. The number of ether oxygens (including phenoxy) is 1. The molecule has 0 aromatic heterocycles. The van der Waals surface area contributed by atoms with Gasteiger partial charge in [-0.2, -0.15) is 0 Å². The van der Waals surface area contributed by atoms with Crippen LogP contribution in [0.5, 0.6) is 0 Å². The highest BCUT2D eigenvalue weighted by molar-refractivity contribution is 9.10. The first-order valence-electron chi connectivity index (χ1n) is 7.46. The number of rotatable bonds is 5. The van der Waals surface area contributed by atoms with Gasteiger partial charge in [-0.25, -0.2) is 4.79 Å². The molecule has 2 rings (SSSR count). The van der Waals surface area contributed by atoms with Crippen LogP contribution in [-0.4, -0.2) is 18.0 Å². The molecule has 124 valence electrons. The Hall–Kier alpha value is -2.40. The summed E-state index contributed by atoms with van der Waals surface area (Å²) in [4.78, 5) is 23.9. The number of hydrogen-bond donors (Lipinski definition) is 1. The number of aryl methyl sites for hydroxylation is 1. The van der Waals surface area contributed by atoms with Crippen molar-refractivity contribution in [1.29, 1.82) is 0 Å². The third-order valence-corrected chi connectivity index (χ3v) is 3.76. The number of hydrogen-bond acceptors (Lipinski definition) is 3. The Kier molecular flexibility index (Phi) is 6.32. The summed E-state index contributed by atoms with van der Waals surface area (Å²) in [5.74, 6) is -0.934. The van der Waals surface area contributed by atoms with Crippen LogP contribution in [0.1, 0.15) is 18.1 Å². The van der Waals surface area contributed by atoms with Crippen molar-refractivity contribution in [2.24, 2.45) is 0 Å². The Morgan fingerprint density at radius 1 is 1.17 bits per heavy atom. The van der Waals surface area contributed by atoms with Gasteiger partial charge in [0.1, 0.15) is 0 Å². The lowest BCUT2D eigenvalue weighted by Crippen LogP contribution is -2.29. The Bertz CT molecular complexity index is 753. The molecule has 0 radical (unpaired) electrons. The quantitative estimate of drug-likeness (QED) is 0.613. The summed E-state index contributed by atoms with van der Waals surface area (Å²) in [6, 6.07) is 14.9. The van der Waals surface area contributed by atoms with Gasteiger partial charge in [0.05, 0.1) is 0 Å². The fourth-order valence-corrected chi connectivity index (χ4v) is 2.24. The van der Waals surface area contributed by atoms with E-state index in [1.54, 1.807) is 12.1 Å². The van der Waals surface area contributed by atoms with Gasteiger partial charge < -0.3 is 10.1 Å². The van der Waals surface area contributed by atoms with Gasteiger partial charge in [0.2, 0.25) is 0 Å². The summed E-state index contributed by atoms with van der Waals surface area (Å²) in [5, 5.41) is 2.72. The van der Waals surface area contributed by atoms with Crippen LogP contribution in [0.4, 0.5) is 5.69 Å². The van der Waals surface area contributed by atoms with Crippen molar-refractivity contribution in [3.8, 4) is 0 Å². The van der Waals surface area contributed by atoms with Gasteiger partial charge in [0.25, 0.3) is 5.91 Å². The van der Waals surface area contributed by atoms with E-state index < -0.39 is 12.1 Å². The number of esters is 1. The van der Waals surface area contributed by atoms with E-state index in [0.29, 0.717) is 5.69 Å². The van der Waals surface area contributed by atoms with Gasteiger partial charge >= 0.3 is 5.97 Å². The molecule has 5 heteroatoms. The van der Waals surface area contributed by atoms with Gasteiger partial charge in [-0.15, -0.1) is 0 Å². The molecule has 0 heterocycles. The number of carbonyl (C=O) groups is 2. The van der Waals surface area contributed by atoms with Gasteiger partial charge in [-0.05, 0) is 55.3 Å². The van der Waals surface area contributed by atoms with Gasteiger partial charge in [-0.1, -0.05) is 40.2 Å². The predicted octanol–water partition coefficient (Wildman–Crippen LogP) is 4.34. The largest absolute Gasteiger partial charge is 0.449 e. The third kappa shape index (κ3) is 5.66. The zero-order chi connectivity index (χ0) is 17.5. The summed E-state index contributed by atoms with van der Waals surface area (Å²) >= 11 is 3.35. The van der Waals surface area contributed by atoms with Crippen molar-refractivity contribution in [1.82, 2.24) is 0 Å². The second kappa shape index (κ2) is 8.45. The Morgan fingerprint density at radius 3 is 2.54 bits per heavy atom. The summed E-state index contributed by atoms with van der Waals surface area (Å²) in [5.41, 5.74) is 2.58. The average Bonchev–Trinajstić information content (AvgIpc) is 2.54. The molecular weight excluding hydrogens is 370 g/mol. The van der Waals surface area contributed by atoms with Crippen molar-refractivity contribution < 1.29 is 14.3 Å². The molecule has 0 fully saturated rings. The van der Waals surface area contributed by atoms with Gasteiger partial charge in [0.15, 0.2) is 6.10 Å². The molecule has 2 aromatic rings. The molecule has 0 spiro atoms. The molecule has 0 bridgehead atoms. The maximum absolute atomic E-state index is 12.1. The molecule has 1 N–H and O–H groups in total. The van der Waals surface area contributed by atoms with E-state index >= 15 is 0 Å². The van der Waals surface area contributed by atoms with Crippen molar-refractivity contribution in [2.45, 2.75) is 20.0 Å². The number of halogens is 1. The number of carbonyl (C=O) groups excluding carboxylic acids is 2. The molecule has 0 aliphatic rings. The fourth-order valence-electron chi connectivity index (χ4n) is 1.97. The maximum atomic E-state index is 12.1. The summed E-state index contributed by atoms with van der Waals surface area (Å²) in [6.07, 6.45) is 2.06. The van der Waals surface area contributed by atoms with E-state index in [-0.39, 0.29) is 5.91 Å². The summed E-state index contributed by atoms with van der Waals surface area (Å²) < 4.78 is 6.07.